The van der Waals surface area contributed by atoms with Gasteiger partial charge in [0.1, 0.15) is 5.75 Å². The minimum Gasteiger partial charge on any atom is -0.508 e. The summed E-state index contributed by atoms with van der Waals surface area (Å²) in [5.41, 5.74) is 3.58. The summed E-state index contributed by atoms with van der Waals surface area (Å²) in [6, 6.07) is 12.3. The molecule has 1 aliphatic rings. The zero-order valence-corrected chi connectivity index (χ0v) is 13.4. The van der Waals surface area contributed by atoms with Crippen molar-refractivity contribution in [2.75, 3.05) is 0 Å². The van der Waals surface area contributed by atoms with Gasteiger partial charge >= 0.3 is 5.97 Å². The Labute approximate surface area is 140 Å². The van der Waals surface area contributed by atoms with Gasteiger partial charge in [-0.2, -0.15) is 0 Å². The lowest BCUT2D eigenvalue weighted by Gasteiger charge is -2.31. The number of carbonyl (C=O) groups is 1. The number of carboxylic acids is 1. The summed E-state index contributed by atoms with van der Waals surface area (Å²) >= 11 is 0. The molecule has 0 spiro atoms. The summed E-state index contributed by atoms with van der Waals surface area (Å²) in [5, 5.41) is 23.2. The van der Waals surface area contributed by atoms with E-state index >= 15 is 0 Å². The van der Waals surface area contributed by atoms with Crippen LogP contribution < -0.4 is 5.32 Å². The molecule has 5 heteroatoms. The number of hydrogen-bond acceptors (Lipinski definition) is 4. The summed E-state index contributed by atoms with van der Waals surface area (Å²) in [6.45, 7) is 3.62. The second-order valence-electron chi connectivity index (χ2n) is 5.71. The molecule has 24 heavy (non-hydrogen) atoms. The van der Waals surface area contributed by atoms with E-state index in [1.54, 1.807) is 37.4 Å². The van der Waals surface area contributed by atoms with Gasteiger partial charge in [-0.1, -0.05) is 24.3 Å². The largest absolute Gasteiger partial charge is 0.508 e. The lowest BCUT2D eigenvalue weighted by Crippen LogP contribution is -2.27. The Bertz CT molecular complexity index is 854. The second-order valence-corrected chi connectivity index (χ2v) is 5.71. The number of phenols is 1. The van der Waals surface area contributed by atoms with E-state index in [2.05, 4.69) is 10.3 Å². The van der Waals surface area contributed by atoms with Gasteiger partial charge in [-0.15, -0.1) is 0 Å². The monoisotopic (exact) mass is 322 g/mol. The lowest BCUT2D eigenvalue weighted by atomic mass is 9.78. The second kappa shape index (κ2) is 6.20. The maximum absolute atomic E-state index is 11.9. The Morgan fingerprint density at radius 1 is 1.08 bits per heavy atom. The normalized spacial score (nSPS) is 17.7. The minimum atomic E-state index is -1.02. The number of hydrogen-bond donors (Lipinski definition) is 3. The molecule has 1 atom stereocenters. The van der Waals surface area contributed by atoms with Crippen LogP contribution in [0.2, 0.25) is 0 Å². The molecule has 5 nitrogen and oxygen atoms in total. The molecule has 0 saturated heterocycles. The first-order valence-corrected chi connectivity index (χ1v) is 7.62. The summed E-state index contributed by atoms with van der Waals surface area (Å²) < 4.78 is 0. The molecule has 0 fully saturated rings. The fourth-order valence-electron chi connectivity index (χ4n) is 3.18. The molecule has 0 bridgehead atoms. The SMILES string of the molecule is CC1=C(C(=O)O)C(c2ccccc2O)C(c2ccccn2)=C(C)N1. The molecule has 0 radical (unpaired) electrons. The molecule has 1 aromatic heterocycles. The van der Waals surface area contributed by atoms with Crippen LogP contribution in [0.1, 0.15) is 31.0 Å². The van der Waals surface area contributed by atoms with E-state index in [0.717, 1.165) is 11.3 Å². The smallest absolute Gasteiger partial charge is 0.334 e. The van der Waals surface area contributed by atoms with Crippen LogP contribution in [0.25, 0.3) is 5.57 Å². The third-order valence-electron chi connectivity index (χ3n) is 4.18. The van der Waals surface area contributed by atoms with Gasteiger partial charge in [0.05, 0.1) is 17.2 Å². The van der Waals surface area contributed by atoms with Crippen LogP contribution in [0.3, 0.4) is 0 Å². The molecule has 2 aromatic rings. The fraction of sp³-hybridized carbons (Fsp3) is 0.158. The van der Waals surface area contributed by atoms with Crippen LogP contribution >= 0.6 is 0 Å². The topological polar surface area (TPSA) is 82.5 Å². The van der Waals surface area contributed by atoms with Crippen molar-refractivity contribution in [2.24, 2.45) is 0 Å². The average molecular weight is 322 g/mol. The van der Waals surface area contributed by atoms with Gasteiger partial charge in [-0.3, -0.25) is 4.98 Å². The molecule has 122 valence electrons. The Kier molecular flexibility index (Phi) is 4.08. The lowest BCUT2D eigenvalue weighted by molar-refractivity contribution is -0.132. The molecule has 2 heterocycles. The Balaban J connectivity index is 2.28. The number of pyridine rings is 1. The van der Waals surface area contributed by atoms with E-state index in [4.69, 9.17) is 0 Å². The van der Waals surface area contributed by atoms with Gasteiger partial charge in [0.15, 0.2) is 0 Å². The highest BCUT2D eigenvalue weighted by molar-refractivity contribution is 5.96. The maximum atomic E-state index is 11.9. The number of dihydropyridines is 1. The molecular weight excluding hydrogens is 304 g/mol. The Hall–Kier alpha value is -3.08. The van der Waals surface area contributed by atoms with E-state index in [9.17, 15) is 15.0 Å². The number of aromatic hydroxyl groups is 1. The first-order valence-electron chi connectivity index (χ1n) is 7.62. The highest BCUT2D eigenvalue weighted by Crippen LogP contribution is 2.45. The number of aliphatic carboxylic acids is 1. The number of phenolic OH excluding ortho intramolecular Hbond substituents is 1. The number of nitrogens with one attached hydrogen (secondary N) is 1. The van der Waals surface area contributed by atoms with Crippen LogP contribution in [0.5, 0.6) is 5.75 Å². The summed E-state index contributed by atoms with van der Waals surface area (Å²) in [6.07, 6.45) is 1.67. The van der Waals surface area contributed by atoms with Gasteiger partial charge < -0.3 is 15.5 Å². The number of rotatable bonds is 3. The first kappa shape index (κ1) is 15.8. The van der Waals surface area contributed by atoms with Gasteiger partial charge in [-0.25, -0.2) is 4.79 Å². The van der Waals surface area contributed by atoms with Gasteiger partial charge in [0, 0.05) is 28.7 Å². The van der Waals surface area contributed by atoms with Gasteiger partial charge in [0.2, 0.25) is 0 Å². The molecule has 0 aliphatic carbocycles. The number of allylic oxidation sites excluding steroid dienone is 3. The Morgan fingerprint density at radius 3 is 2.42 bits per heavy atom. The predicted octanol–water partition coefficient (Wildman–Crippen LogP) is 3.26. The van der Waals surface area contributed by atoms with E-state index in [1.807, 2.05) is 25.1 Å². The van der Waals surface area contributed by atoms with E-state index in [-0.39, 0.29) is 11.3 Å². The molecular formula is C19H18N2O3. The van der Waals surface area contributed by atoms with Gasteiger partial charge in [0.25, 0.3) is 0 Å². The molecule has 1 aromatic carbocycles. The highest BCUT2D eigenvalue weighted by Gasteiger charge is 2.35. The van der Waals surface area contributed by atoms with Crippen molar-refractivity contribution in [3.63, 3.8) is 0 Å². The quantitative estimate of drug-likeness (QED) is 0.808. The molecule has 3 rings (SSSR count). The third kappa shape index (κ3) is 2.65. The first-order chi connectivity index (χ1) is 11.5. The molecule has 0 amide bonds. The maximum Gasteiger partial charge on any atom is 0.334 e. The number of carboxylic acid groups (broad SMARTS) is 1. The van der Waals surface area contributed by atoms with Crippen molar-refractivity contribution < 1.29 is 15.0 Å². The number of para-hydroxylation sites is 1. The van der Waals surface area contributed by atoms with Crippen molar-refractivity contribution in [3.05, 3.63) is 76.9 Å². The van der Waals surface area contributed by atoms with E-state index in [1.165, 1.54) is 0 Å². The summed E-state index contributed by atoms with van der Waals surface area (Å²) in [7, 11) is 0. The minimum absolute atomic E-state index is 0.0668. The fourth-order valence-corrected chi connectivity index (χ4v) is 3.18. The summed E-state index contributed by atoms with van der Waals surface area (Å²) in [4.78, 5) is 16.3. The van der Waals surface area contributed by atoms with Crippen molar-refractivity contribution in [3.8, 4) is 5.75 Å². The summed E-state index contributed by atoms with van der Waals surface area (Å²) in [5.74, 6) is -1.55. The standard InChI is InChI=1S/C19H18N2O3/c1-11-16(14-8-5-6-10-20-14)18(13-7-3-4-9-15(13)22)17(19(23)24)12(2)21-11/h3-10,18,21-22H,1-2H3,(H,23,24). The Morgan fingerprint density at radius 2 is 1.79 bits per heavy atom. The van der Waals surface area contributed by atoms with Crippen molar-refractivity contribution in [1.82, 2.24) is 10.3 Å². The van der Waals surface area contributed by atoms with Crippen LogP contribution in [0.4, 0.5) is 0 Å². The molecule has 1 unspecified atom stereocenters. The number of nitrogens with zero attached hydrogens (tertiary/aromatic N) is 1. The average Bonchev–Trinajstić information content (AvgIpc) is 2.55. The zero-order valence-electron chi connectivity index (χ0n) is 13.4. The van der Waals surface area contributed by atoms with E-state index in [0.29, 0.717) is 17.0 Å². The zero-order chi connectivity index (χ0) is 17.3. The number of aromatic nitrogens is 1. The van der Waals surface area contributed by atoms with E-state index < -0.39 is 11.9 Å². The van der Waals surface area contributed by atoms with Crippen LogP contribution in [-0.4, -0.2) is 21.2 Å². The molecule has 3 N–H and O–H groups in total. The van der Waals surface area contributed by atoms with Crippen LogP contribution in [0.15, 0.2) is 65.6 Å². The predicted molar refractivity (Wildman–Crippen MR) is 91.2 cm³/mol. The van der Waals surface area contributed by atoms with Crippen molar-refractivity contribution in [1.29, 1.82) is 0 Å². The third-order valence-corrected chi connectivity index (χ3v) is 4.18. The van der Waals surface area contributed by atoms with Crippen LogP contribution in [-0.2, 0) is 4.79 Å². The molecule has 0 saturated carbocycles. The van der Waals surface area contributed by atoms with Crippen molar-refractivity contribution in [2.45, 2.75) is 19.8 Å². The molecule has 1 aliphatic heterocycles. The number of benzene rings is 1. The van der Waals surface area contributed by atoms with Gasteiger partial charge in [-0.05, 0) is 32.0 Å². The highest BCUT2D eigenvalue weighted by atomic mass is 16.4. The van der Waals surface area contributed by atoms with Crippen LogP contribution in [0, 0.1) is 0 Å². The van der Waals surface area contributed by atoms with Crippen molar-refractivity contribution >= 4 is 11.5 Å².